The van der Waals surface area contributed by atoms with Gasteiger partial charge in [-0.1, -0.05) is 11.6 Å². The summed E-state index contributed by atoms with van der Waals surface area (Å²) in [4.78, 5) is 3.99. The van der Waals surface area contributed by atoms with Gasteiger partial charge >= 0.3 is 0 Å². The highest BCUT2D eigenvalue weighted by Gasteiger charge is 2.15. The number of thiophene rings is 1. The highest BCUT2D eigenvalue weighted by molar-refractivity contribution is 8.00. The third-order valence-corrected chi connectivity index (χ3v) is 3.64. The van der Waals surface area contributed by atoms with E-state index in [0.29, 0.717) is 0 Å². The summed E-state index contributed by atoms with van der Waals surface area (Å²) >= 11 is 8.92. The van der Waals surface area contributed by atoms with Gasteiger partial charge in [0.2, 0.25) is 5.96 Å². The van der Waals surface area contributed by atoms with Crippen LogP contribution in [0.3, 0.4) is 0 Å². The molecule has 0 fully saturated rings. The topological polar surface area (TPSA) is 36.4 Å². The van der Waals surface area contributed by atoms with Gasteiger partial charge in [0.05, 0.1) is 10.0 Å². The minimum absolute atomic E-state index is 0.766. The molecule has 1 aliphatic heterocycles. The Bertz CT molecular complexity index is 334. The molecule has 2 heterocycles. The zero-order valence-electron chi connectivity index (χ0n) is 6.22. The molecular weight excluding hydrogens is 214 g/mol. The quantitative estimate of drug-likeness (QED) is 0.658. The molecular formula is C6H6ClN3S2. The van der Waals surface area contributed by atoms with E-state index in [-0.39, 0.29) is 0 Å². The van der Waals surface area contributed by atoms with E-state index in [1.165, 1.54) is 11.9 Å². The standard InChI is InChI=1S/C6H6ClN3S2/c1-8-6-9-3-2-4(7)11-5(3)12-10-6/h2H,1H3,(H2,8,9,10). The lowest BCUT2D eigenvalue weighted by Gasteiger charge is -2.15. The minimum atomic E-state index is 0.766. The average molecular weight is 220 g/mol. The number of nitrogens with one attached hydrogen (secondary N) is 2. The summed E-state index contributed by atoms with van der Waals surface area (Å²) in [6, 6.07) is 1.90. The molecule has 0 saturated carbocycles. The number of aliphatic imine (C=N–C) groups is 1. The molecule has 2 N–H and O–H groups in total. The van der Waals surface area contributed by atoms with E-state index >= 15 is 0 Å². The lowest BCUT2D eigenvalue weighted by molar-refractivity contribution is 1.31. The first-order chi connectivity index (χ1) is 5.79. The highest BCUT2D eigenvalue weighted by Crippen LogP contribution is 2.39. The fourth-order valence-corrected chi connectivity index (χ4v) is 3.02. The van der Waals surface area contributed by atoms with E-state index in [1.807, 2.05) is 6.07 Å². The minimum Gasteiger partial charge on any atom is -0.324 e. The van der Waals surface area contributed by atoms with Crippen LogP contribution in [-0.2, 0) is 0 Å². The Morgan fingerprint density at radius 2 is 2.42 bits per heavy atom. The smallest absolute Gasteiger partial charge is 0.206 e. The van der Waals surface area contributed by atoms with Crippen molar-refractivity contribution in [2.24, 2.45) is 4.99 Å². The van der Waals surface area contributed by atoms with Gasteiger partial charge in [-0.05, 0) is 6.07 Å². The Morgan fingerprint density at radius 3 is 3.17 bits per heavy atom. The van der Waals surface area contributed by atoms with Crippen LogP contribution in [0.5, 0.6) is 0 Å². The Kier molecular flexibility index (Phi) is 2.16. The van der Waals surface area contributed by atoms with Crippen molar-refractivity contribution < 1.29 is 0 Å². The second-order valence-corrected chi connectivity index (χ2v) is 4.91. The molecule has 0 radical (unpaired) electrons. The van der Waals surface area contributed by atoms with Crippen molar-refractivity contribution in [3.05, 3.63) is 10.4 Å². The van der Waals surface area contributed by atoms with Crippen LogP contribution < -0.4 is 10.0 Å². The van der Waals surface area contributed by atoms with Crippen molar-refractivity contribution in [1.29, 1.82) is 0 Å². The summed E-state index contributed by atoms with van der Waals surface area (Å²) < 4.78 is 4.98. The maximum absolute atomic E-state index is 5.84. The molecule has 3 nitrogen and oxygen atoms in total. The summed E-state index contributed by atoms with van der Waals surface area (Å²) in [7, 11) is 1.73. The number of nitrogens with zero attached hydrogens (tertiary/aromatic N) is 1. The van der Waals surface area contributed by atoms with Gasteiger partial charge in [0.1, 0.15) is 4.21 Å². The van der Waals surface area contributed by atoms with Crippen molar-refractivity contribution in [3.63, 3.8) is 0 Å². The molecule has 0 aromatic carbocycles. The molecule has 64 valence electrons. The van der Waals surface area contributed by atoms with E-state index in [2.05, 4.69) is 15.0 Å². The second-order valence-electron chi connectivity index (χ2n) is 2.15. The molecule has 1 aromatic rings. The Labute approximate surface area is 83.4 Å². The monoisotopic (exact) mass is 219 g/mol. The number of guanidine groups is 1. The van der Waals surface area contributed by atoms with Crippen LogP contribution in [-0.4, -0.2) is 13.0 Å². The van der Waals surface area contributed by atoms with E-state index < -0.39 is 0 Å². The fraction of sp³-hybridized carbons (Fsp3) is 0.167. The van der Waals surface area contributed by atoms with Gasteiger partial charge in [0.25, 0.3) is 0 Å². The Morgan fingerprint density at radius 1 is 1.58 bits per heavy atom. The summed E-state index contributed by atoms with van der Waals surface area (Å²) in [5.41, 5.74) is 1.04. The van der Waals surface area contributed by atoms with Crippen LogP contribution in [0, 0.1) is 0 Å². The Balaban J connectivity index is 2.34. The van der Waals surface area contributed by atoms with Gasteiger partial charge in [-0.3, -0.25) is 9.71 Å². The maximum Gasteiger partial charge on any atom is 0.206 e. The van der Waals surface area contributed by atoms with Crippen LogP contribution in [0.1, 0.15) is 0 Å². The molecule has 0 spiro atoms. The highest BCUT2D eigenvalue weighted by atomic mass is 35.5. The molecule has 1 aromatic heterocycles. The van der Waals surface area contributed by atoms with E-state index in [0.717, 1.165) is 20.2 Å². The summed E-state index contributed by atoms with van der Waals surface area (Å²) in [6.45, 7) is 0. The van der Waals surface area contributed by atoms with Crippen molar-refractivity contribution in [2.75, 3.05) is 12.4 Å². The van der Waals surface area contributed by atoms with Crippen molar-refractivity contribution in [1.82, 2.24) is 4.72 Å². The molecule has 12 heavy (non-hydrogen) atoms. The van der Waals surface area contributed by atoms with Crippen molar-refractivity contribution in [2.45, 2.75) is 4.21 Å². The molecule has 2 rings (SSSR count). The van der Waals surface area contributed by atoms with Crippen molar-refractivity contribution >= 4 is 46.5 Å². The van der Waals surface area contributed by atoms with Crippen LogP contribution in [0.2, 0.25) is 4.34 Å². The predicted molar refractivity (Wildman–Crippen MR) is 55.3 cm³/mol. The number of hydrogen-bond acceptors (Lipinski definition) is 3. The number of hydrogen-bond donors (Lipinski definition) is 2. The molecule has 0 unspecified atom stereocenters. The first kappa shape index (κ1) is 8.22. The zero-order chi connectivity index (χ0) is 8.55. The first-order valence-electron chi connectivity index (χ1n) is 3.25. The zero-order valence-corrected chi connectivity index (χ0v) is 8.61. The number of anilines is 1. The van der Waals surface area contributed by atoms with Crippen molar-refractivity contribution in [3.8, 4) is 0 Å². The third-order valence-electron chi connectivity index (χ3n) is 1.39. The molecule has 0 amide bonds. The third kappa shape index (κ3) is 1.39. The molecule has 0 atom stereocenters. The number of fused-ring (bicyclic) bond motifs is 1. The van der Waals surface area contributed by atoms with Crippen LogP contribution in [0.15, 0.2) is 15.3 Å². The van der Waals surface area contributed by atoms with Gasteiger partial charge in [0, 0.05) is 19.0 Å². The predicted octanol–water partition coefficient (Wildman–Crippen LogP) is 2.41. The first-order valence-corrected chi connectivity index (χ1v) is 5.26. The summed E-state index contributed by atoms with van der Waals surface area (Å²) in [5.74, 6) is 0.766. The molecule has 0 aliphatic carbocycles. The van der Waals surface area contributed by atoms with Gasteiger partial charge in [-0.25, -0.2) is 0 Å². The molecule has 6 heteroatoms. The summed E-state index contributed by atoms with van der Waals surface area (Å²) in [6.07, 6.45) is 0. The van der Waals surface area contributed by atoms with Gasteiger partial charge in [0.15, 0.2) is 0 Å². The lowest BCUT2D eigenvalue weighted by atomic mass is 10.5. The van der Waals surface area contributed by atoms with E-state index in [4.69, 9.17) is 11.6 Å². The fourth-order valence-electron chi connectivity index (χ4n) is 0.858. The number of halogens is 1. The molecule has 1 aliphatic rings. The van der Waals surface area contributed by atoms with Crippen LogP contribution in [0.25, 0.3) is 0 Å². The SMILES string of the molecule is CN=C1NSc2sc(Cl)cc2N1. The largest absolute Gasteiger partial charge is 0.324 e. The number of rotatable bonds is 0. The summed E-state index contributed by atoms with van der Waals surface area (Å²) in [5, 5.41) is 3.11. The van der Waals surface area contributed by atoms with Gasteiger partial charge < -0.3 is 5.32 Å². The lowest BCUT2D eigenvalue weighted by Crippen LogP contribution is -2.28. The average Bonchev–Trinajstić information content (AvgIpc) is 2.43. The van der Waals surface area contributed by atoms with E-state index in [9.17, 15) is 0 Å². The molecule has 0 saturated heterocycles. The van der Waals surface area contributed by atoms with E-state index in [1.54, 1.807) is 18.4 Å². The van der Waals surface area contributed by atoms with Gasteiger partial charge in [-0.2, -0.15) is 0 Å². The Hall–Kier alpha value is -0.390. The second kappa shape index (κ2) is 3.16. The van der Waals surface area contributed by atoms with Crippen LogP contribution in [0.4, 0.5) is 5.69 Å². The maximum atomic E-state index is 5.84. The van der Waals surface area contributed by atoms with Gasteiger partial charge in [-0.15, -0.1) is 11.3 Å². The molecule has 0 bridgehead atoms. The van der Waals surface area contributed by atoms with Crippen LogP contribution >= 0.6 is 34.9 Å². The normalized spacial score (nSPS) is 18.3.